The van der Waals surface area contributed by atoms with Crippen LogP contribution in [0.25, 0.3) is 11.2 Å². The number of aliphatic hydroxyl groups excluding tert-OH is 2. The van der Waals surface area contributed by atoms with Gasteiger partial charge in [0.1, 0.15) is 35.7 Å². The zero-order chi connectivity index (χ0) is 39.7. The van der Waals surface area contributed by atoms with Gasteiger partial charge in [0.15, 0.2) is 30.4 Å². The normalized spacial score (nSPS) is 26.0. The van der Waals surface area contributed by atoms with Crippen molar-refractivity contribution in [3.8, 4) is 5.75 Å². The van der Waals surface area contributed by atoms with Crippen molar-refractivity contribution in [2.24, 2.45) is 0 Å². The van der Waals surface area contributed by atoms with Crippen molar-refractivity contribution >= 4 is 41.0 Å². The topological polar surface area (TPSA) is 232 Å². The lowest BCUT2D eigenvalue weighted by Crippen LogP contribution is -2.36. The second-order valence-electron chi connectivity index (χ2n) is 12.9. The molecule has 0 saturated carbocycles. The van der Waals surface area contributed by atoms with E-state index < -0.39 is 86.4 Å². The number of nitrogen functional groups attached to an aromatic ring is 1. The number of ether oxygens (including phenoxy) is 3. The fraction of sp³-hybridized carbons (Fsp3) is 0.343. The number of halogens is 2. The number of hydrogen-bond acceptors (Lipinski definition) is 15. The van der Waals surface area contributed by atoms with Gasteiger partial charge in [-0.25, -0.2) is 32.9 Å². The first-order valence-electron chi connectivity index (χ1n) is 17.1. The van der Waals surface area contributed by atoms with Crippen LogP contribution in [0.1, 0.15) is 33.9 Å². The van der Waals surface area contributed by atoms with Gasteiger partial charge in [0.25, 0.3) is 5.56 Å². The summed E-state index contributed by atoms with van der Waals surface area (Å²) >= 11 is 0.599. The van der Waals surface area contributed by atoms with Gasteiger partial charge in [-0.1, -0.05) is 29.8 Å². The second-order valence-corrected chi connectivity index (χ2v) is 16.9. The molecule has 9 atom stereocenters. The lowest BCUT2D eigenvalue weighted by Gasteiger charge is -2.26. The molecule has 0 spiro atoms. The summed E-state index contributed by atoms with van der Waals surface area (Å²) in [5.74, 6) is -0.435. The first-order chi connectivity index (χ1) is 26.8. The quantitative estimate of drug-likeness (QED) is 0.0758. The summed E-state index contributed by atoms with van der Waals surface area (Å²) in [5.41, 5.74) is 6.83. The number of nitrogens with two attached hydrogens (primary N) is 1. The van der Waals surface area contributed by atoms with Gasteiger partial charge < -0.3 is 30.2 Å². The van der Waals surface area contributed by atoms with Crippen molar-refractivity contribution in [2.75, 3.05) is 18.9 Å². The molecule has 0 aliphatic carbocycles. The fourth-order valence-corrected chi connectivity index (χ4v) is 9.48. The summed E-state index contributed by atoms with van der Waals surface area (Å²) in [6, 6.07) is 15.5. The number of imidazole rings is 1. The van der Waals surface area contributed by atoms with Crippen molar-refractivity contribution in [1.29, 1.82) is 0 Å². The molecule has 3 unspecified atom stereocenters. The number of pyridine rings is 1. The molecule has 5 aromatic rings. The van der Waals surface area contributed by atoms with Crippen molar-refractivity contribution in [1.82, 2.24) is 24.1 Å². The Bertz CT molecular complexity index is 2370. The van der Waals surface area contributed by atoms with E-state index in [1.54, 1.807) is 36.4 Å². The van der Waals surface area contributed by atoms with E-state index in [4.69, 9.17) is 29.0 Å². The van der Waals surface area contributed by atoms with Gasteiger partial charge in [-0.2, -0.15) is 0 Å². The molecule has 0 amide bonds. The van der Waals surface area contributed by atoms with E-state index in [-0.39, 0.29) is 28.4 Å². The van der Waals surface area contributed by atoms with Crippen LogP contribution in [0.2, 0.25) is 0 Å². The molecule has 2 aliphatic heterocycles. The molecule has 2 fully saturated rings. The summed E-state index contributed by atoms with van der Waals surface area (Å²) in [7, 11) is 0. The van der Waals surface area contributed by atoms with Crippen molar-refractivity contribution in [3.63, 3.8) is 0 Å². The highest BCUT2D eigenvalue weighted by molar-refractivity contribution is 8.54. The number of carbonyl (C=O) groups is 1. The van der Waals surface area contributed by atoms with E-state index in [0.29, 0.717) is 22.5 Å². The zero-order valence-corrected chi connectivity index (χ0v) is 31.0. The highest BCUT2D eigenvalue weighted by Crippen LogP contribution is 2.64. The number of alkyl halides is 2. The Kier molecular flexibility index (Phi) is 11.5. The summed E-state index contributed by atoms with van der Waals surface area (Å²) in [4.78, 5) is 47.0. The monoisotopic (exact) mass is 816 g/mol. The number of aromatic amines is 1. The molecule has 2 aromatic carbocycles. The third-order valence-corrected chi connectivity index (χ3v) is 12.7. The number of aliphatic hydroxyl groups is 2. The Morgan fingerprint density at radius 3 is 2.43 bits per heavy atom. The van der Waals surface area contributed by atoms with Crippen LogP contribution in [0.3, 0.4) is 0 Å². The maximum atomic E-state index is 16.1. The van der Waals surface area contributed by atoms with Gasteiger partial charge in [-0.05, 0) is 54.2 Å². The smallest absolute Gasteiger partial charge is 0.389 e. The van der Waals surface area contributed by atoms with Crippen molar-refractivity contribution in [2.45, 2.75) is 61.9 Å². The van der Waals surface area contributed by atoms with Gasteiger partial charge in [0.05, 0.1) is 30.8 Å². The molecule has 21 heteroatoms. The number of aryl methyl sites for hydroxylation is 1. The van der Waals surface area contributed by atoms with Crippen LogP contribution in [0, 0.1) is 6.92 Å². The molecule has 0 radical (unpaired) electrons. The highest BCUT2D eigenvalue weighted by atomic mass is 32.7. The average Bonchev–Trinajstić information content (AvgIpc) is 3.84. The van der Waals surface area contributed by atoms with Crippen LogP contribution >= 0.6 is 18.2 Å². The molecule has 7 rings (SSSR count). The first kappa shape index (κ1) is 39.4. The minimum atomic E-state index is -4.57. The molecular weight excluding hydrogens is 781 g/mol. The summed E-state index contributed by atoms with van der Waals surface area (Å²) in [6.07, 6.45) is -10.2. The number of rotatable bonds is 13. The number of nitrogens with one attached hydrogen (secondary N) is 1. The van der Waals surface area contributed by atoms with E-state index >= 15 is 8.78 Å². The van der Waals surface area contributed by atoms with E-state index in [1.807, 2.05) is 11.9 Å². The lowest BCUT2D eigenvalue weighted by molar-refractivity contribution is -0.0518. The maximum absolute atomic E-state index is 16.1. The third-order valence-electron chi connectivity index (χ3n) is 9.09. The van der Waals surface area contributed by atoms with Crippen molar-refractivity contribution in [3.05, 3.63) is 117 Å². The number of anilines is 1. The highest BCUT2D eigenvalue weighted by Gasteiger charge is 2.52. The van der Waals surface area contributed by atoms with Gasteiger partial charge in [-0.15, -0.1) is 0 Å². The third kappa shape index (κ3) is 8.19. The molecule has 17 nitrogen and oxygen atoms in total. The zero-order valence-electron chi connectivity index (χ0n) is 29.3. The van der Waals surface area contributed by atoms with Gasteiger partial charge in [0.2, 0.25) is 0 Å². The van der Waals surface area contributed by atoms with E-state index in [1.165, 1.54) is 35.3 Å². The largest absolute Gasteiger partial charge is 0.423 e. The number of esters is 1. The molecular formula is C35H35F2N6O11PS. The number of aromatic nitrogens is 5. The van der Waals surface area contributed by atoms with Crippen LogP contribution < -0.4 is 21.7 Å². The molecule has 296 valence electrons. The Hall–Kier alpha value is -4.79. The molecule has 5 heterocycles. The Labute approximate surface area is 319 Å². The predicted molar refractivity (Wildman–Crippen MR) is 196 cm³/mol. The molecule has 2 saturated heterocycles. The number of hydrogen-bond donors (Lipinski definition) is 4. The molecule has 3 aromatic heterocycles. The molecule has 2 aliphatic rings. The minimum absolute atomic E-state index is 0.0862. The first-order valence-corrected chi connectivity index (χ1v) is 20.2. The van der Waals surface area contributed by atoms with Crippen LogP contribution in [-0.2, 0) is 28.8 Å². The standard InChI is InChI=1S/C35H35F2N6O11PS/c1-18-2-6-20(7-3-18)34(47)51-21-8-4-19(5-9-21)16-56-55(49,54-30-23(14-44)52-33(27(30)37)42-13-11-25(45)41-35(42)48)50-15-24-29(46)26(36)32(53-24)43-17-40-28-22(38)10-12-39-31(28)43/h2-13,17,23-24,26-27,29-30,32-33,44,46H,14-16H2,1H3,(H2,38,39)(H,41,45,48)/t23-,24-,26+,27+,29?,30?,32-,33-,55?/m1/s1. The Morgan fingerprint density at radius 2 is 1.71 bits per heavy atom. The number of fused-ring (bicyclic) bond motifs is 1. The van der Waals surface area contributed by atoms with Crippen molar-refractivity contribution < 1.29 is 51.6 Å². The van der Waals surface area contributed by atoms with E-state index in [0.717, 1.165) is 22.4 Å². The van der Waals surface area contributed by atoms with Crippen LogP contribution in [0.15, 0.2) is 89.0 Å². The Morgan fingerprint density at radius 1 is 1.00 bits per heavy atom. The lowest BCUT2D eigenvalue weighted by atomic mass is 10.1. The number of nitrogens with zero attached hydrogens (tertiary/aromatic N) is 4. The number of H-pyrrole nitrogens is 1. The van der Waals surface area contributed by atoms with Crippen LogP contribution in [-0.4, -0.2) is 90.2 Å². The maximum Gasteiger partial charge on any atom is 0.389 e. The summed E-state index contributed by atoms with van der Waals surface area (Å²) < 4.78 is 76.5. The number of carbonyl (C=O) groups excluding carboxylic acids is 1. The van der Waals surface area contributed by atoms with Gasteiger partial charge >= 0.3 is 18.5 Å². The Balaban J connectivity index is 1.09. The molecule has 0 bridgehead atoms. The van der Waals surface area contributed by atoms with Gasteiger partial charge in [-0.3, -0.25) is 28.0 Å². The van der Waals surface area contributed by atoms with Gasteiger partial charge in [0, 0.05) is 24.2 Å². The van der Waals surface area contributed by atoms with E-state index in [9.17, 15) is 29.2 Å². The second kappa shape index (κ2) is 16.4. The van der Waals surface area contributed by atoms with Crippen LogP contribution in [0.5, 0.6) is 5.75 Å². The summed E-state index contributed by atoms with van der Waals surface area (Å²) in [6.45, 7) is -4.23. The fourth-order valence-electron chi connectivity index (χ4n) is 6.10. The van der Waals surface area contributed by atoms with Crippen LogP contribution in [0.4, 0.5) is 14.5 Å². The van der Waals surface area contributed by atoms with E-state index in [2.05, 4.69) is 9.97 Å². The summed E-state index contributed by atoms with van der Waals surface area (Å²) in [5, 5.41) is 20.9. The molecule has 5 N–H and O–H groups in total. The SMILES string of the molecule is Cc1ccc(C(=O)Oc2ccc(CSP(=O)(OC[C@H]3O[C@@H](n4cnc5c(N)ccnc54)[C@@H](F)C3O)OC3[C@@H](CO)O[C@@H](n4ccc(=O)[nH]c4=O)[C@H]3F)cc2)cc1. The predicted octanol–water partition coefficient (Wildman–Crippen LogP) is 3.36. The average molecular weight is 817 g/mol. The minimum Gasteiger partial charge on any atom is -0.423 e. The molecule has 56 heavy (non-hydrogen) atoms. The number of benzene rings is 2.